The zero-order valence-corrected chi connectivity index (χ0v) is 22.8. The van der Waals surface area contributed by atoms with E-state index in [1.54, 1.807) is 26.0 Å². The van der Waals surface area contributed by atoms with Crippen LogP contribution < -0.4 is 15.4 Å². The third kappa shape index (κ3) is 5.61. The van der Waals surface area contributed by atoms with Crippen LogP contribution in [-0.2, 0) is 4.79 Å². The molecule has 2 fully saturated rings. The predicted octanol–water partition coefficient (Wildman–Crippen LogP) is 3.95. The van der Waals surface area contributed by atoms with E-state index in [0.717, 1.165) is 12.8 Å². The van der Waals surface area contributed by atoms with Crippen molar-refractivity contribution in [3.05, 3.63) is 41.1 Å². The van der Waals surface area contributed by atoms with Crippen molar-refractivity contribution in [2.24, 2.45) is 11.8 Å². The summed E-state index contributed by atoms with van der Waals surface area (Å²) in [4.78, 5) is 37.5. The average Bonchev–Trinajstić information content (AvgIpc) is 3.65. The number of aromatic nitrogens is 3. The molecule has 39 heavy (non-hydrogen) atoms. The molecule has 2 aliphatic rings. The second-order valence-electron chi connectivity index (χ2n) is 11.1. The van der Waals surface area contributed by atoms with Gasteiger partial charge in [0.1, 0.15) is 35.2 Å². The first-order valence-electron chi connectivity index (χ1n) is 13.7. The first kappa shape index (κ1) is 27.1. The van der Waals surface area contributed by atoms with Crippen molar-refractivity contribution in [1.29, 1.82) is 0 Å². The van der Waals surface area contributed by atoms with Crippen LogP contribution in [0.2, 0.25) is 0 Å². The summed E-state index contributed by atoms with van der Waals surface area (Å²) in [5.74, 6) is 0.00472. The van der Waals surface area contributed by atoms with E-state index in [1.165, 1.54) is 13.3 Å². The van der Waals surface area contributed by atoms with Gasteiger partial charge in [-0.3, -0.25) is 9.59 Å². The molecule has 4 atom stereocenters. The first-order chi connectivity index (χ1) is 18.6. The van der Waals surface area contributed by atoms with Gasteiger partial charge in [-0.2, -0.15) is 0 Å². The molecule has 2 saturated carbocycles. The molecule has 4 N–H and O–H groups in total. The molecule has 208 valence electrons. The molecule has 0 aliphatic heterocycles. The van der Waals surface area contributed by atoms with Crippen LogP contribution in [-0.4, -0.2) is 56.7 Å². The Bertz CT molecular complexity index is 1400. The van der Waals surface area contributed by atoms with Crippen molar-refractivity contribution in [2.75, 3.05) is 6.61 Å². The molecule has 2 heterocycles. The summed E-state index contributed by atoms with van der Waals surface area (Å²) in [7, 11) is 0. The molecule has 0 radical (unpaired) electrons. The monoisotopic (exact) mass is 537 g/mol. The predicted molar refractivity (Wildman–Crippen MR) is 145 cm³/mol. The third-order valence-corrected chi connectivity index (χ3v) is 7.92. The smallest absolute Gasteiger partial charge is 0.255 e. The van der Waals surface area contributed by atoms with Gasteiger partial charge in [-0.1, -0.05) is 13.0 Å². The molecule has 2 aromatic heterocycles. The number of carbonyl (C=O) groups is 2. The van der Waals surface area contributed by atoms with Crippen LogP contribution >= 0.6 is 0 Å². The summed E-state index contributed by atoms with van der Waals surface area (Å²) in [6, 6.07) is 3.35. The maximum Gasteiger partial charge on any atom is 0.255 e. The molecule has 2 aliphatic carbocycles. The second-order valence-corrected chi connectivity index (χ2v) is 11.1. The molecule has 9 nitrogen and oxygen atoms in total. The Morgan fingerprint density at radius 3 is 2.64 bits per heavy atom. The molecule has 2 amide bonds. The van der Waals surface area contributed by atoms with E-state index >= 15 is 4.39 Å². The van der Waals surface area contributed by atoms with Crippen molar-refractivity contribution in [2.45, 2.75) is 78.0 Å². The summed E-state index contributed by atoms with van der Waals surface area (Å²) in [6.07, 6.45) is 4.61. The standard InChI is InChI=1S/C29H36FN5O4/c1-14-5-10-21(39-12-18-6-7-18)23(24(14)30)26-27-25(31-13-32-26)22(16(3)33-27)29(38)34-19-8-9-20(15(2)11-19)35-28(37)17(4)36/h5,10,13,15,17-20,33,36H,6-9,11-12H2,1-4H3,(H,34,38)(H,35,37)/t15-,17+,19-,20+/m1/s1. The van der Waals surface area contributed by atoms with E-state index in [4.69, 9.17) is 4.74 Å². The van der Waals surface area contributed by atoms with Crippen LogP contribution in [0.3, 0.4) is 0 Å². The van der Waals surface area contributed by atoms with Crippen molar-refractivity contribution in [1.82, 2.24) is 25.6 Å². The Kier molecular flexibility index (Phi) is 7.57. The van der Waals surface area contributed by atoms with Gasteiger partial charge in [0.15, 0.2) is 0 Å². The molecular weight excluding hydrogens is 501 g/mol. The van der Waals surface area contributed by atoms with E-state index in [2.05, 4.69) is 25.6 Å². The Morgan fingerprint density at radius 2 is 1.95 bits per heavy atom. The lowest BCUT2D eigenvalue weighted by Crippen LogP contribution is -2.49. The van der Waals surface area contributed by atoms with Crippen LogP contribution in [0, 0.1) is 31.5 Å². The molecule has 0 saturated heterocycles. The molecule has 10 heteroatoms. The largest absolute Gasteiger partial charge is 0.492 e. The SMILES string of the molecule is Cc1ccc(OCC2CC2)c(-c2ncnc3c(C(=O)N[C@@H]4CC[C@H](NC(=O)[C@H](C)O)[C@H](C)C4)c(C)[nH]c23)c1F. The normalized spacial score (nSPS) is 21.9. The van der Waals surface area contributed by atoms with Crippen LogP contribution in [0.15, 0.2) is 18.5 Å². The van der Waals surface area contributed by atoms with Gasteiger partial charge in [0, 0.05) is 17.8 Å². The maximum atomic E-state index is 15.5. The Hall–Kier alpha value is -3.53. The van der Waals surface area contributed by atoms with Crippen LogP contribution in [0.4, 0.5) is 4.39 Å². The van der Waals surface area contributed by atoms with Crippen molar-refractivity contribution >= 4 is 22.8 Å². The van der Waals surface area contributed by atoms with Crippen LogP contribution in [0.5, 0.6) is 5.75 Å². The zero-order valence-electron chi connectivity index (χ0n) is 22.8. The topological polar surface area (TPSA) is 129 Å². The Balaban J connectivity index is 1.39. The maximum absolute atomic E-state index is 15.5. The van der Waals surface area contributed by atoms with E-state index in [1.807, 2.05) is 6.92 Å². The summed E-state index contributed by atoms with van der Waals surface area (Å²) >= 11 is 0. The number of nitrogens with zero attached hydrogens (tertiary/aromatic N) is 2. The van der Waals surface area contributed by atoms with Gasteiger partial charge in [-0.05, 0) is 76.3 Å². The number of aliphatic hydroxyl groups is 1. The Labute approximate surface area is 227 Å². The average molecular weight is 538 g/mol. The minimum absolute atomic E-state index is 0.0501. The van der Waals surface area contributed by atoms with E-state index < -0.39 is 11.9 Å². The highest BCUT2D eigenvalue weighted by molar-refractivity contribution is 6.09. The van der Waals surface area contributed by atoms with Gasteiger partial charge < -0.3 is 25.5 Å². The number of amides is 2. The highest BCUT2D eigenvalue weighted by Gasteiger charge is 2.32. The lowest BCUT2D eigenvalue weighted by atomic mass is 9.82. The van der Waals surface area contributed by atoms with E-state index in [0.29, 0.717) is 71.1 Å². The first-order valence-corrected chi connectivity index (χ1v) is 13.7. The van der Waals surface area contributed by atoms with Gasteiger partial charge in [-0.15, -0.1) is 0 Å². The number of carbonyl (C=O) groups excluding carboxylic acids is 2. The molecule has 0 bridgehead atoms. The fraction of sp³-hybridized carbons (Fsp3) is 0.517. The second kappa shape index (κ2) is 10.9. The summed E-state index contributed by atoms with van der Waals surface area (Å²) in [6.45, 7) is 7.50. The number of H-pyrrole nitrogens is 1. The number of ether oxygens (including phenoxy) is 1. The number of hydrogen-bond donors (Lipinski definition) is 4. The molecule has 0 unspecified atom stereocenters. The number of hydrogen-bond acceptors (Lipinski definition) is 6. The quantitative estimate of drug-likeness (QED) is 0.344. The van der Waals surface area contributed by atoms with Gasteiger partial charge >= 0.3 is 0 Å². The molecule has 0 spiro atoms. The summed E-state index contributed by atoms with van der Waals surface area (Å²) in [5.41, 5.74) is 3.03. The number of fused-ring (bicyclic) bond motifs is 1. The Morgan fingerprint density at radius 1 is 1.18 bits per heavy atom. The van der Waals surface area contributed by atoms with Crippen molar-refractivity contribution in [3.63, 3.8) is 0 Å². The lowest BCUT2D eigenvalue weighted by Gasteiger charge is -2.35. The summed E-state index contributed by atoms with van der Waals surface area (Å²) in [5, 5.41) is 15.5. The third-order valence-electron chi connectivity index (χ3n) is 7.92. The minimum atomic E-state index is -1.06. The lowest BCUT2D eigenvalue weighted by molar-refractivity contribution is -0.129. The zero-order chi connectivity index (χ0) is 27.8. The van der Waals surface area contributed by atoms with Gasteiger partial charge in [0.2, 0.25) is 5.91 Å². The fourth-order valence-electron chi connectivity index (χ4n) is 5.39. The molecule has 3 aromatic rings. The van der Waals surface area contributed by atoms with Gasteiger partial charge in [0.25, 0.3) is 5.91 Å². The minimum Gasteiger partial charge on any atom is -0.492 e. The fourth-order valence-corrected chi connectivity index (χ4v) is 5.39. The molecular formula is C29H36FN5O4. The van der Waals surface area contributed by atoms with Crippen LogP contribution in [0.1, 0.15) is 67.6 Å². The van der Waals surface area contributed by atoms with Crippen molar-refractivity contribution in [3.8, 4) is 17.0 Å². The number of rotatable bonds is 8. The van der Waals surface area contributed by atoms with Crippen molar-refractivity contribution < 1.29 is 23.8 Å². The number of aryl methyl sites for hydroxylation is 2. The molecule has 5 rings (SSSR count). The highest BCUT2D eigenvalue weighted by Crippen LogP contribution is 2.39. The van der Waals surface area contributed by atoms with E-state index in [9.17, 15) is 14.7 Å². The number of aliphatic hydroxyl groups excluding tert-OH is 1. The number of nitrogens with one attached hydrogen (secondary N) is 3. The molecule has 1 aromatic carbocycles. The number of aromatic amines is 1. The summed E-state index contributed by atoms with van der Waals surface area (Å²) < 4.78 is 21.5. The number of halogens is 1. The number of benzene rings is 1. The van der Waals surface area contributed by atoms with Crippen LogP contribution in [0.25, 0.3) is 22.3 Å². The highest BCUT2D eigenvalue weighted by atomic mass is 19.1. The van der Waals surface area contributed by atoms with E-state index in [-0.39, 0.29) is 35.4 Å². The van der Waals surface area contributed by atoms with Gasteiger partial charge in [-0.25, -0.2) is 14.4 Å². The van der Waals surface area contributed by atoms with Gasteiger partial charge in [0.05, 0.1) is 23.3 Å².